The van der Waals surface area contributed by atoms with Crippen LogP contribution < -0.4 is 5.32 Å². The average Bonchev–Trinajstić information content (AvgIpc) is 3.01. The van der Waals surface area contributed by atoms with Gasteiger partial charge in [-0.2, -0.15) is 0 Å². The van der Waals surface area contributed by atoms with Gasteiger partial charge in [0.15, 0.2) is 0 Å². The molecule has 1 N–H and O–H groups in total. The summed E-state index contributed by atoms with van der Waals surface area (Å²) in [6, 6.07) is 9.22. The fraction of sp³-hybridized carbons (Fsp3) is 0.667. The molecule has 0 amide bonds. The summed E-state index contributed by atoms with van der Waals surface area (Å²) in [5.74, 6) is 0. The maximum Gasteiger partial charge on any atom is 0.0842 e. The van der Waals surface area contributed by atoms with Crippen LogP contribution in [0.5, 0.6) is 0 Å². The van der Waals surface area contributed by atoms with Crippen LogP contribution in [0.4, 0.5) is 0 Å². The first-order chi connectivity index (χ1) is 10.4. The van der Waals surface area contributed by atoms with Gasteiger partial charge >= 0.3 is 0 Å². The zero-order valence-electron chi connectivity index (χ0n) is 13.0. The van der Waals surface area contributed by atoms with Gasteiger partial charge in [0.1, 0.15) is 0 Å². The molecule has 116 valence electrons. The van der Waals surface area contributed by atoms with Gasteiger partial charge in [-0.05, 0) is 49.8 Å². The van der Waals surface area contributed by atoms with E-state index in [1.54, 1.807) is 0 Å². The fourth-order valence-electron chi connectivity index (χ4n) is 3.63. The Bertz CT molecular complexity index is 443. The molecule has 3 atom stereocenters. The van der Waals surface area contributed by atoms with E-state index in [2.05, 4.69) is 36.5 Å². The second-order valence-corrected chi connectivity index (χ2v) is 6.17. The monoisotopic (exact) mass is 289 g/mol. The molecule has 1 aromatic rings. The van der Waals surface area contributed by atoms with Gasteiger partial charge in [0.2, 0.25) is 0 Å². The number of benzene rings is 1. The van der Waals surface area contributed by atoms with Crippen molar-refractivity contribution in [3.05, 3.63) is 35.4 Å². The predicted octanol–water partition coefficient (Wildman–Crippen LogP) is 3.24. The van der Waals surface area contributed by atoms with Gasteiger partial charge in [-0.1, -0.05) is 31.2 Å². The molecule has 3 nitrogen and oxygen atoms in total. The molecule has 1 aromatic carbocycles. The Labute approximate surface area is 128 Å². The molecule has 1 saturated heterocycles. The number of hydrogen-bond donors (Lipinski definition) is 1. The molecule has 2 aliphatic rings. The van der Waals surface area contributed by atoms with Crippen LogP contribution in [0.15, 0.2) is 24.3 Å². The Kier molecular flexibility index (Phi) is 5.28. The maximum absolute atomic E-state index is 6.06. The summed E-state index contributed by atoms with van der Waals surface area (Å²) >= 11 is 0. The van der Waals surface area contributed by atoms with Gasteiger partial charge < -0.3 is 14.8 Å². The molecule has 1 fully saturated rings. The van der Waals surface area contributed by atoms with Gasteiger partial charge in [0.25, 0.3) is 0 Å². The van der Waals surface area contributed by atoms with Crippen LogP contribution in [0.1, 0.15) is 49.8 Å². The van der Waals surface area contributed by atoms with Crippen molar-refractivity contribution in [2.45, 2.75) is 57.3 Å². The second-order valence-electron chi connectivity index (χ2n) is 6.17. The first kappa shape index (κ1) is 15.0. The highest BCUT2D eigenvalue weighted by Gasteiger charge is 2.26. The van der Waals surface area contributed by atoms with Crippen molar-refractivity contribution >= 4 is 0 Å². The normalized spacial score (nSPS) is 26.5. The number of ether oxygens (including phenoxy) is 2. The van der Waals surface area contributed by atoms with Crippen LogP contribution in [0.3, 0.4) is 0 Å². The molecule has 21 heavy (non-hydrogen) atoms. The van der Waals surface area contributed by atoms with Crippen LogP contribution >= 0.6 is 0 Å². The van der Waals surface area contributed by atoms with Crippen LogP contribution in [-0.4, -0.2) is 31.9 Å². The molecule has 0 saturated carbocycles. The quantitative estimate of drug-likeness (QED) is 0.872. The molecule has 2 heterocycles. The standard InChI is InChI=1S/C18H27NO2/c1-2-19-15(12-16-7-5-10-20-16)13-18-17-8-4-3-6-14(17)9-11-21-18/h3-4,6,8,15-16,18-19H,2,5,7,9-13H2,1H3. The van der Waals surface area contributed by atoms with E-state index < -0.39 is 0 Å². The lowest BCUT2D eigenvalue weighted by Gasteiger charge is -2.30. The summed E-state index contributed by atoms with van der Waals surface area (Å²) < 4.78 is 11.9. The van der Waals surface area contributed by atoms with E-state index in [9.17, 15) is 0 Å². The molecule has 0 aliphatic carbocycles. The molecular formula is C18H27NO2. The van der Waals surface area contributed by atoms with Crippen molar-refractivity contribution in [3.8, 4) is 0 Å². The van der Waals surface area contributed by atoms with E-state index in [0.717, 1.165) is 39.0 Å². The summed E-state index contributed by atoms with van der Waals surface area (Å²) in [7, 11) is 0. The zero-order chi connectivity index (χ0) is 14.5. The van der Waals surface area contributed by atoms with Gasteiger partial charge in [0.05, 0.1) is 18.8 Å². The van der Waals surface area contributed by atoms with Gasteiger partial charge in [0, 0.05) is 12.6 Å². The molecule has 2 aliphatic heterocycles. The molecule has 3 heteroatoms. The highest BCUT2D eigenvalue weighted by Crippen LogP contribution is 2.32. The average molecular weight is 289 g/mol. The third-order valence-corrected chi connectivity index (χ3v) is 4.66. The van der Waals surface area contributed by atoms with Crippen molar-refractivity contribution in [1.82, 2.24) is 5.32 Å². The van der Waals surface area contributed by atoms with Crippen molar-refractivity contribution in [2.24, 2.45) is 0 Å². The minimum absolute atomic E-state index is 0.236. The Morgan fingerprint density at radius 3 is 2.90 bits per heavy atom. The lowest BCUT2D eigenvalue weighted by molar-refractivity contribution is 0.0222. The molecule has 0 spiro atoms. The first-order valence-electron chi connectivity index (χ1n) is 8.41. The Morgan fingerprint density at radius 1 is 1.19 bits per heavy atom. The Morgan fingerprint density at radius 2 is 2.10 bits per heavy atom. The second kappa shape index (κ2) is 7.39. The van der Waals surface area contributed by atoms with E-state index >= 15 is 0 Å². The summed E-state index contributed by atoms with van der Waals surface area (Å²) in [6.45, 7) is 4.97. The van der Waals surface area contributed by atoms with E-state index in [1.165, 1.54) is 24.0 Å². The van der Waals surface area contributed by atoms with Crippen molar-refractivity contribution < 1.29 is 9.47 Å². The fourth-order valence-corrected chi connectivity index (χ4v) is 3.63. The SMILES string of the molecule is CCNC(CC1CCCO1)CC1OCCc2ccccc21. The van der Waals surface area contributed by atoms with Crippen LogP contribution in [-0.2, 0) is 15.9 Å². The van der Waals surface area contributed by atoms with Crippen molar-refractivity contribution in [2.75, 3.05) is 19.8 Å². The third-order valence-electron chi connectivity index (χ3n) is 4.66. The van der Waals surface area contributed by atoms with E-state index in [1.807, 2.05) is 0 Å². The van der Waals surface area contributed by atoms with E-state index in [4.69, 9.17) is 9.47 Å². The predicted molar refractivity (Wildman–Crippen MR) is 84.5 cm³/mol. The lowest BCUT2D eigenvalue weighted by Crippen LogP contribution is -2.35. The number of fused-ring (bicyclic) bond motifs is 1. The summed E-state index contributed by atoms with van der Waals surface area (Å²) in [5, 5.41) is 3.63. The maximum atomic E-state index is 6.06. The molecule has 0 bridgehead atoms. The third kappa shape index (κ3) is 3.85. The van der Waals surface area contributed by atoms with Crippen LogP contribution in [0, 0.1) is 0 Å². The largest absolute Gasteiger partial charge is 0.378 e. The molecule has 0 radical (unpaired) electrons. The Balaban J connectivity index is 1.65. The number of nitrogens with one attached hydrogen (secondary N) is 1. The number of rotatable bonds is 6. The summed E-state index contributed by atoms with van der Waals surface area (Å²) in [6.07, 6.45) is 6.30. The van der Waals surface area contributed by atoms with E-state index in [0.29, 0.717) is 12.1 Å². The van der Waals surface area contributed by atoms with Gasteiger partial charge in [-0.15, -0.1) is 0 Å². The first-order valence-corrected chi connectivity index (χ1v) is 8.41. The molecular weight excluding hydrogens is 262 g/mol. The summed E-state index contributed by atoms with van der Waals surface area (Å²) in [4.78, 5) is 0. The van der Waals surface area contributed by atoms with Gasteiger partial charge in [-0.3, -0.25) is 0 Å². The lowest BCUT2D eigenvalue weighted by atomic mass is 9.91. The van der Waals surface area contributed by atoms with E-state index in [-0.39, 0.29) is 6.10 Å². The molecule has 0 aromatic heterocycles. The Hall–Kier alpha value is -0.900. The smallest absolute Gasteiger partial charge is 0.0842 e. The highest BCUT2D eigenvalue weighted by atomic mass is 16.5. The zero-order valence-corrected chi connectivity index (χ0v) is 13.0. The minimum atomic E-state index is 0.236. The number of hydrogen-bond acceptors (Lipinski definition) is 3. The van der Waals surface area contributed by atoms with Crippen LogP contribution in [0.2, 0.25) is 0 Å². The summed E-state index contributed by atoms with van der Waals surface area (Å²) in [5.41, 5.74) is 2.85. The molecule has 3 rings (SSSR count). The molecule has 3 unspecified atom stereocenters. The van der Waals surface area contributed by atoms with Crippen molar-refractivity contribution in [3.63, 3.8) is 0 Å². The highest BCUT2D eigenvalue weighted by molar-refractivity contribution is 5.31. The van der Waals surface area contributed by atoms with Gasteiger partial charge in [-0.25, -0.2) is 0 Å². The van der Waals surface area contributed by atoms with Crippen LogP contribution in [0.25, 0.3) is 0 Å². The minimum Gasteiger partial charge on any atom is -0.378 e. The van der Waals surface area contributed by atoms with Crippen molar-refractivity contribution in [1.29, 1.82) is 0 Å². The topological polar surface area (TPSA) is 30.5 Å².